The van der Waals surface area contributed by atoms with Gasteiger partial charge in [-0.3, -0.25) is 4.99 Å². The number of hydrogen-bond acceptors (Lipinski definition) is 4. The van der Waals surface area contributed by atoms with Crippen LogP contribution in [0, 0.1) is 0 Å². The van der Waals surface area contributed by atoms with Gasteiger partial charge >= 0.3 is 6.18 Å². The quantitative estimate of drug-likeness (QED) is 0.630. The molecule has 0 amide bonds. The maximum Gasteiger partial charge on any atom is 0.434 e. The minimum absolute atomic E-state index is 0.202. The molecule has 2 aromatic rings. The van der Waals surface area contributed by atoms with Gasteiger partial charge in [-0.1, -0.05) is 6.92 Å². The van der Waals surface area contributed by atoms with E-state index in [2.05, 4.69) is 39.0 Å². The third kappa shape index (κ3) is 5.21. The number of nitrogens with one attached hydrogen (secondary N) is 2. The molecule has 23 heavy (non-hydrogen) atoms. The van der Waals surface area contributed by atoms with E-state index in [4.69, 9.17) is 0 Å². The van der Waals surface area contributed by atoms with Crippen LogP contribution in [0.5, 0.6) is 0 Å². The Kier molecular flexibility index (Phi) is 6.00. The van der Waals surface area contributed by atoms with E-state index >= 15 is 0 Å². The largest absolute Gasteiger partial charge is 0.434 e. The van der Waals surface area contributed by atoms with Crippen LogP contribution in [0.1, 0.15) is 29.1 Å². The Morgan fingerprint density at radius 2 is 2.13 bits per heavy atom. The SMILES string of the molecule is CN=C(NCc1nc(C(F)(F)F)cs1)NCC(C)c1ccsc1. The molecule has 0 bridgehead atoms. The summed E-state index contributed by atoms with van der Waals surface area (Å²) in [6.45, 7) is 2.98. The zero-order valence-electron chi connectivity index (χ0n) is 12.6. The molecule has 0 aromatic carbocycles. The highest BCUT2D eigenvalue weighted by atomic mass is 32.1. The van der Waals surface area contributed by atoms with Crippen LogP contribution in [-0.4, -0.2) is 24.5 Å². The monoisotopic (exact) mass is 362 g/mol. The maximum absolute atomic E-state index is 12.5. The third-order valence-electron chi connectivity index (χ3n) is 3.16. The highest BCUT2D eigenvalue weighted by Crippen LogP contribution is 2.29. The first kappa shape index (κ1) is 17.7. The van der Waals surface area contributed by atoms with Crippen molar-refractivity contribution in [3.63, 3.8) is 0 Å². The van der Waals surface area contributed by atoms with Crippen LogP contribution >= 0.6 is 22.7 Å². The van der Waals surface area contributed by atoms with E-state index < -0.39 is 11.9 Å². The fraction of sp³-hybridized carbons (Fsp3) is 0.429. The van der Waals surface area contributed by atoms with Crippen molar-refractivity contribution in [2.75, 3.05) is 13.6 Å². The molecule has 0 saturated carbocycles. The Morgan fingerprint density at radius 1 is 1.35 bits per heavy atom. The Labute approximate surface area is 140 Å². The van der Waals surface area contributed by atoms with E-state index in [1.165, 1.54) is 5.56 Å². The molecule has 1 unspecified atom stereocenters. The van der Waals surface area contributed by atoms with Crippen molar-refractivity contribution >= 4 is 28.6 Å². The molecule has 1 atom stereocenters. The smallest absolute Gasteiger partial charge is 0.356 e. The lowest BCUT2D eigenvalue weighted by Crippen LogP contribution is -2.38. The molecule has 0 aliphatic rings. The highest BCUT2D eigenvalue weighted by molar-refractivity contribution is 7.09. The van der Waals surface area contributed by atoms with Gasteiger partial charge in [-0.15, -0.1) is 11.3 Å². The van der Waals surface area contributed by atoms with Gasteiger partial charge in [0.15, 0.2) is 11.7 Å². The maximum atomic E-state index is 12.5. The van der Waals surface area contributed by atoms with Gasteiger partial charge in [-0.2, -0.15) is 24.5 Å². The lowest BCUT2D eigenvalue weighted by Gasteiger charge is -2.14. The van der Waals surface area contributed by atoms with Crippen LogP contribution in [0.2, 0.25) is 0 Å². The molecule has 2 aromatic heterocycles. The van der Waals surface area contributed by atoms with E-state index in [9.17, 15) is 13.2 Å². The van der Waals surface area contributed by atoms with E-state index in [0.717, 1.165) is 16.7 Å². The van der Waals surface area contributed by atoms with Crippen LogP contribution in [0.4, 0.5) is 13.2 Å². The fourth-order valence-electron chi connectivity index (χ4n) is 1.83. The topological polar surface area (TPSA) is 49.3 Å². The summed E-state index contributed by atoms with van der Waals surface area (Å²) in [5.74, 6) is 0.854. The first-order valence-electron chi connectivity index (χ1n) is 6.88. The van der Waals surface area contributed by atoms with Gasteiger partial charge in [0, 0.05) is 19.0 Å². The van der Waals surface area contributed by atoms with E-state index in [1.54, 1.807) is 18.4 Å². The average Bonchev–Trinajstić information content (AvgIpc) is 3.18. The second-order valence-corrected chi connectivity index (χ2v) is 6.61. The zero-order valence-corrected chi connectivity index (χ0v) is 14.3. The number of alkyl halides is 3. The molecule has 2 heterocycles. The van der Waals surface area contributed by atoms with Gasteiger partial charge in [0.2, 0.25) is 0 Å². The molecule has 0 fully saturated rings. The Bertz CT molecular complexity index is 635. The lowest BCUT2D eigenvalue weighted by molar-refractivity contribution is -0.140. The Balaban J connectivity index is 1.82. The van der Waals surface area contributed by atoms with Gasteiger partial charge < -0.3 is 10.6 Å². The predicted octanol–water partition coefficient (Wildman–Crippen LogP) is 3.69. The lowest BCUT2D eigenvalue weighted by atomic mass is 10.1. The molecule has 0 aliphatic carbocycles. The molecular weight excluding hydrogens is 345 g/mol. The van der Waals surface area contributed by atoms with Crippen molar-refractivity contribution in [2.24, 2.45) is 4.99 Å². The van der Waals surface area contributed by atoms with Gasteiger partial charge in [-0.25, -0.2) is 4.98 Å². The number of aliphatic imine (C=N–C) groups is 1. The van der Waals surface area contributed by atoms with Crippen LogP contribution in [0.15, 0.2) is 27.2 Å². The number of nitrogens with zero attached hydrogens (tertiary/aromatic N) is 2. The molecular formula is C14H17F3N4S2. The molecule has 0 spiro atoms. The van der Waals surface area contributed by atoms with Crippen LogP contribution in [-0.2, 0) is 12.7 Å². The summed E-state index contributed by atoms with van der Waals surface area (Å²) < 4.78 is 37.5. The van der Waals surface area contributed by atoms with Crippen LogP contribution in [0.3, 0.4) is 0 Å². The van der Waals surface area contributed by atoms with Gasteiger partial charge in [0.25, 0.3) is 0 Å². The van der Waals surface area contributed by atoms with E-state index in [1.807, 2.05) is 5.38 Å². The van der Waals surface area contributed by atoms with Crippen molar-refractivity contribution in [3.05, 3.63) is 38.5 Å². The summed E-state index contributed by atoms with van der Waals surface area (Å²) in [7, 11) is 1.62. The summed E-state index contributed by atoms with van der Waals surface area (Å²) in [5.41, 5.74) is 0.390. The molecule has 4 nitrogen and oxygen atoms in total. The number of thiophene rings is 1. The van der Waals surface area contributed by atoms with Crippen molar-refractivity contribution in [3.8, 4) is 0 Å². The number of thiazole rings is 1. The van der Waals surface area contributed by atoms with Crippen molar-refractivity contribution in [2.45, 2.75) is 25.6 Å². The van der Waals surface area contributed by atoms with E-state index in [-0.39, 0.29) is 6.54 Å². The van der Waals surface area contributed by atoms with Gasteiger partial charge in [-0.05, 0) is 28.3 Å². The predicted molar refractivity (Wildman–Crippen MR) is 88.1 cm³/mol. The number of hydrogen-bond donors (Lipinski definition) is 2. The number of aromatic nitrogens is 1. The third-order valence-corrected chi connectivity index (χ3v) is 4.71. The van der Waals surface area contributed by atoms with Crippen molar-refractivity contribution in [1.29, 1.82) is 0 Å². The second kappa shape index (κ2) is 7.78. The highest BCUT2D eigenvalue weighted by Gasteiger charge is 2.33. The molecule has 2 N–H and O–H groups in total. The van der Waals surface area contributed by atoms with Gasteiger partial charge in [0.05, 0.1) is 6.54 Å². The summed E-state index contributed by atoms with van der Waals surface area (Å²) in [6.07, 6.45) is -4.40. The fourth-order valence-corrected chi connectivity index (χ4v) is 3.35. The second-order valence-electron chi connectivity index (χ2n) is 4.89. The summed E-state index contributed by atoms with van der Waals surface area (Å²) in [5, 5.41) is 11.6. The minimum atomic E-state index is -4.40. The van der Waals surface area contributed by atoms with Crippen molar-refractivity contribution in [1.82, 2.24) is 15.6 Å². The molecule has 0 radical (unpaired) electrons. The van der Waals surface area contributed by atoms with Crippen molar-refractivity contribution < 1.29 is 13.2 Å². The number of rotatable bonds is 5. The van der Waals surface area contributed by atoms with Gasteiger partial charge in [0.1, 0.15) is 5.01 Å². The summed E-state index contributed by atoms with van der Waals surface area (Å²) in [4.78, 5) is 7.64. The number of halogens is 3. The van der Waals surface area contributed by atoms with E-state index in [0.29, 0.717) is 23.4 Å². The summed E-state index contributed by atoms with van der Waals surface area (Å²) >= 11 is 2.62. The average molecular weight is 362 g/mol. The Morgan fingerprint density at radius 3 is 2.70 bits per heavy atom. The standard InChI is InChI=1S/C14H17F3N4S2/c1-9(10-3-4-22-7-10)5-19-13(18-2)20-6-12-21-11(8-23-12)14(15,16)17/h3-4,7-9H,5-6H2,1-2H3,(H2,18,19,20). The zero-order chi connectivity index (χ0) is 16.9. The van der Waals surface area contributed by atoms with Crippen LogP contribution in [0.25, 0.3) is 0 Å². The van der Waals surface area contributed by atoms with Crippen LogP contribution < -0.4 is 10.6 Å². The molecule has 2 rings (SSSR count). The first-order chi connectivity index (χ1) is 10.9. The first-order valence-corrected chi connectivity index (χ1v) is 8.70. The Hall–Kier alpha value is -1.61. The molecule has 126 valence electrons. The molecule has 0 saturated heterocycles. The minimum Gasteiger partial charge on any atom is -0.356 e. The number of guanidine groups is 1. The summed E-state index contributed by atoms with van der Waals surface area (Å²) in [6, 6.07) is 2.07. The normalized spacial score (nSPS) is 13.9. The molecule has 0 aliphatic heterocycles. The molecule has 9 heteroatoms.